The van der Waals surface area contributed by atoms with E-state index in [0.29, 0.717) is 0 Å². The molecule has 0 unspecified atom stereocenters. The second-order valence-electron chi connectivity index (χ2n) is 31.2. The Morgan fingerprint density at radius 3 is 1.01 bits per heavy atom. The first kappa shape index (κ1) is 71.4. The predicted octanol–water partition coefficient (Wildman–Crippen LogP) is 28.1. The minimum atomic E-state index is -0.104. The molecule has 540 valence electrons. The molecule has 5 nitrogen and oxygen atoms in total. The van der Waals surface area contributed by atoms with Crippen LogP contribution in [0, 0.1) is 18.2 Å². The molecule has 0 spiro atoms. The molecule has 0 aliphatic heterocycles. The molecule has 0 bridgehead atoms. The van der Waals surface area contributed by atoms with Crippen LogP contribution in [-0.4, -0.2) is 24.1 Å². The van der Waals surface area contributed by atoms with Crippen LogP contribution in [0.1, 0.15) is 52.7 Å². The zero-order valence-corrected chi connectivity index (χ0v) is 66.1. The Hall–Kier alpha value is -13.2. The number of fused-ring (bicyclic) bond motifs is 6. The summed E-state index contributed by atoms with van der Waals surface area (Å²) < 4.78 is 4.95. The summed E-state index contributed by atoms with van der Waals surface area (Å²) in [4.78, 5) is 15.0. The van der Waals surface area contributed by atoms with Crippen molar-refractivity contribution in [2.75, 3.05) is 0 Å². The molecule has 0 fully saturated rings. The van der Waals surface area contributed by atoms with Crippen LogP contribution in [0.2, 0.25) is 0 Å². The Kier molecular flexibility index (Phi) is 18.7. The third-order valence-corrected chi connectivity index (χ3v) is 22.2. The molecule has 0 amide bonds. The Balaban J connectivity index is 0.00000889. The molecule has 0 saturated carbocycles. The van der Waals surface area contributed by atoms with Crippen LogP contribution in [0.25, 0.3) is 189 Å². The van der Waals surface area contributed by atoms with Crippen molar-refractivity contribution in [1.29, 1.82) is 0 Å². The van der Waals surface area contributed by atoms with Crippen LogP contribution < -0.4 is 0 Å². The van der Waals surface area contributed by atoms with Crippen molar-refractivity contribution in [3.63, 3.8) is 0 Å². The van der Waals surface area contributed by atoms with Gasteiger partial charge in [-0.1, -0.05) is 317 Å². The number of benzene rings is 14. The summed E-state index contributed by atoms with van der Waals surface area (Å²) in [7, 11) is 0. The fourth-order valence-electron chi connectivity index (χ4n) is 16.5. The molecule has 5 aromatic heterocycles. The number of rotatable bonds is 14. The van der Waals surface area contributed by atoms with E-state index in [1.54, 1.807) is 0 Å². The minimum absolute atomic E-state index is 0. The average molecular weight is 1630 g/mol. The van der Waals surface area contributed by atoms with Gasteiger partial charge in [-0.3, -0.25) is 0 Å². The van der Waals surface area contributed by atoms with Crippen LogP contribution in [0.4, 0.5) is 0 Å². The fraction of sp³-hybridized carbons (Fsp3) is 0.0748. The van der Waals surface area contributed by atoms with Gasteiger partial charge >= 0.3 is 20.1 Å². The van der Waals surface area contributed by atoms with Gasteiger partial charge in [0.15, 0.2) is 0 Å². The molecule has 0 N–H and O–H groups in total. The molecule has 0 aliphatic carbocycles. The monoisotopic (exact) mass is 1630 g/mol. The van der Waals surface area contributed by atoms with E-state index in [0.717, 1.165) is 156 Å². The van der Waals surface area contributed by atoms with Gasteiger partial charge in [0.2, 0.25) is 0 Å². The molecule has 19 aromatic rings. The van der Waals surface area contributed by atoms with Crippen molar-refractivity contribution in [2.24, 2.45) is 0 Å². The fourth-order valence-corrected chi connectivity index (χ4v) is 16.5. The predicted molar refractivity (Wildman–Crippen MR) is 468 cm³/mol. The number of para-hydroxylation sites is 2. The Labute approximate surface area is 674 Å². The molecule has 0 aliphatic rings. The maximum atomic E-state index is 5.10. The zero-order chi connectivity index (χ0) is 75.6. The maximum Gasteiger partial charge on any atom is 3.00 e. The molecule has 0 saturated heterocycles. The van der Waals surface area contributed by atoms with Gasteiger partial charge in [0.05, 0.1) is 22.1 Å². The summed E-state index contributed by atoms with van der Waals surface area (Å²) in [5.41, 5.74) is 33.4. The molecule has 5 heterocycles. The van der Waals surface area contributed by atoms with Crippen molar-refractivity contribution in [1.82, 2.24) is 24.1 Å². The van der Waals surface area contributed by atoms with Gasteiger partial charge in [-0.05, 0) is 184 Å². The number of aromatic nitrogens is 5. The molecule has 113 heavy (non-hydrogen) atoms. The molecule has 14 aromatic carbocycles. The van der Waals surface area contributed by atoms with Crippen molar-refractivity contribution in [2.45, 2.75) is 52.4 Å². The van der Waals surface area contributed by atoms with Gasteiger partial charge in [-0.2, -0.15) is 0 Å². The van der Waals surface area contributed by atoms with Gasteiger partial charge in [0, 0.05) is 40.1 Å². The van der Waals surface area contributed by atoms with Crippen LogP contribution >= 0.6 is 0 Å². The second-order valence-corrected chi connectivity index (χ2v) is 31.2. The van der Waals surface area contributed by atoms with Crippen molar-refractivity contribution in [3.05, 3.63) is 394 Å². The standard InChI is InChI=1S/C107H78N5.Ir/c1-106(2,3)81-55-58-109-98(68-81)76-46-51-92(104(66-76)111-100-43-24-22-40-90(100)95-63-73(48-53-102(95)111)70-28-10-7-11-29-70)87-38-20-17-35-84(87)79-60-78(83-34-16-19-37-86(83)89-50-45-75(97-42-26-27-57-108-97)65-94(89)72-32-14-9-15-33-72)61-80(62-79)85-36-18-21-39-88(85)93-52-47-77(99-69-82(56-59-110-99)107(4,5)6)67-105(93)112-101-44-25-23-41-91(101)96-64-74(49-54-103(96)112)71-30-12-8-13-31-71;/h7-44,48-69H,1-6H3;/q-3;+3. The maximum absolute atomic E-state index is 5.10. The van der Waals surface area contributed by atoms with Crippen LogP contribution in [0.15, 0.2) is 364 Å². The van der Waals surface area contributed by atoms with E-state index in [9.17, 15) is 0 Å². The van der Waals surface area contributed by atoms with Crippen molar-refractivity contribution >= 4 is 43.6 Å². The minimum Gasteiger partial charge on any atom is -0.326 e. The summed E-state index contributed by atoms with van der Waals surface area (Å²) >= 11 is 0. The largest absolute Gasteiger partial charge is 3.00 e. The van der Waals surface area contributed by atoms with Crippen LogP contribution in [-0.2, 0) is 30.9 Å². The molecule has 19 rings (SSSR count). The van der Waals surface area contributed by atoms with E-state index in [1.807, 2.05) is 30.7 Å². The number of pyridine rings is 3. The van der Waals surface area contributed by atoms with Gasteiger partial charge in [0.1, 0.15) is 0 Å². The van der Waals surface area contributed by atoms with E-state index in [4.69, 9.17) is 15.0 Å². The summed E-state index contributed by atoms with van der Waals surface area (Å²) in [5, 5.41) is 4.68. The average Bonchev–Trinajstić information content (AvgIpc) is 1.58. The normalized spacial score (nSPS) is 11.7. The summed E-state index contributed by atoms with van der Waals surface area (Å²) in [5.74, 6) is 0. The molecular formula is C107H78IrN5. The molecule has 0 atom stereocenters. The van der Waals surface area contributed by atoms with Gasteiger partial charge in [0.25, 0.3) is 0 Å². The third-order valence-electron chi connectivity index (χ3n) is 22.2. The van der Waals surface area contributed by atoms with Crippen molar-refractivity contribution < 1.29 is 20.1 Å². The van der Waals surface area contributed by atoms with Gasteiger partial charge in [-0.25, -0.2) is 0 Å². The van der Waals surface area contributed by atoms with Gasteiger partial charge < -0.3 is 24.1 Å². The van der Waals surface area contributed by atoms with E-state index < -0.39 is 0 Å². The Bertz CT molecular complexity index is 6490. The second kappa shape index (κ2) is 29.5. The van der Waals surface area contributed by atoms with E-state index in [2.05, 4.69) is 403 Å². The first-order valence-corrected chi connectivity index (χ1v) is 38.5. The topological polar surface area (TPSA) is 48.5 Å². The number of nitrogens with zero attached hydrogens (tertiary/aromatic N) is 5. The quantitative estimate of drug-likeness (QED) is 0.102. The van der Waals surface area contributed by atoms with E-state index >= 15 is 0 Å². The van der Waals surface area contributed by atoms with Gasteiger partial charge in [-0.15, -0.1) is 71.3 Å². The number of hydrogen-bond acceptors (Lipinski definition) is 3. The first-order valence-electron chi connectivity index (χ1n) is 38.5. The Morgan fingerprint density at radius 1 is 0.230 bits per heavy atom. The summed E-state index contributed by atoms with van der Waals surface area (Å²) in [6, 6.07) is 138. The summed E-state index contributed by atoms with van der Waals surface area (Å²) in [6.07, 6.45) is 5.74. The van der Waals surface area contributed by atoms with E-state index in [-0.39, 0.29) is 30.9 Å². The molecule has 6 heteroatoms. The zero-order valence-electron chi connectivity index (χ0n) is 63.7. The van der Waals surface area contributed by atoms with Crippen molar-refractivity contribution in [3.8, 4) is 145 Å². The molecular weight excluding hydrogens is 1550 g/mol. The third kappa shape index (κ3) is 13.4. The smallest absolute Gasteiger partial charge is 0.326 e. The SMILES string of the molecule is CC(C)(C)c1ccnc(-c2[c-]cc(-c3ccccc3-c3cc(-c4ccccc4-c4c[c-]c(-c5ccccn5)cc4-c4ccccc4)cc(-c4ccccc4-c4c[c-]c(-c5cc(C(C)(C)C)ccn5)cc4-n4c5ccccc5c5cc(-c6ccccc6)ccc54)c3)c(-n3c4ccccc4c4cc(-c5ccccc5)ccc43)c2)c1.[Ir+3]. The Morgan fingerprint density at radius 2 is 0.584 bits per heavy atom. The molecule has 0 radical (unpaired) electrons. The van der Waals surface area contributed by atoms with Crippen LogP contribution in [0.3, 0.4) is 0 Å². The number of hydrogen-bond donors (Lipinski definition) is 0. The van der Waals surface area contributed by atoms with Crippen LogP contribution in [0.5, 0.6) is 0 Å². The first-order chi connectivity index (χ1) is 54.8. The van der Waals surface area contributed by atoms with E-state index in [1.165, 1.54) is 43.8 Å². The summed E-state index contributed by atoms with van der Waals surface area (Å²) in [6.45, 7) is 13.6.